The molecule has 2 aromatic rings. The van der Waals surface area contributed by atoms with Crippen LogP contribution in [-0.4, -0.2) is 25.9 Å². The van der Waals surface area contributed by atoms with Gasteiger partial charge in [0, 0.05) is 18.3 Å². The fourth-order valence-corrected chi connectivity index (χ4v) is 3.14. The molecule has 128 valence electrons. The minimum atomic E-state index is -3.63. The third kappa shape index (κ3) is 5.02. The molecule has 24 heavy (non-hydrogen) atoms. The summed E-state index contributed by atoms with van der Waals surface area (Å²) in [5.74, 6) is -0.117. The van der Waals surface area contributed by atoms with E-state index in [-0.39, 0.29) is 10.5 Å². The minimum absolute atomic E-state index is 0.0512. The van der Waals surface area contributed by atoms with Crippen LogP contribution in [-0.2, 0) is 10.0 Å². The van der Waals surface area contributed by atoms with Gasteiger partial charge in [-0.15, -0.1) is 0 Å². The molecule has 0 atom stereocenters. The fraction of sp³-hybridized carbons (Fsp3) is 0.250. The van der Waals surface area contributed by atoms with Gasteiger partial charge in [0.05, 0.1) is 9.92 Å². The van der Waals surface area contributed by atoms with Crippen LogP contribution in [0.3, 0.4) is 0 Å². The van der Waals surface area contributed by atoms with Crippen LogP contribution in [0.5, 0.6) is 0 Å². The molecule has 0 fully saturated rings. The van der Waals surface area contributed by atoms with Crippen molar-refractivity contribution >= 4 is 33.3 Å². The van der Waals surface area contributed by atoms with Crippen LogP contribution in [0.15, 0.2) is 47.5 Å². The average molecular weight is 368 g/mol. The number of aromatic nitrogens is 1. The molecular weight excluding hydrogens is 350 g/mol. The average Bonchev–Trinajstić information content (AvgIpc) is 2.57. The Kier molecular flexibility index (Phi) is 6.30. The number of sulfonamides is 1. The van der Waals surface area contributed by atoms with Crippen LogP contribution in [0.4, 0.5) is 5.82 Å². The number of carbonyl (C=O) groups excluding carboxylic acids is 1. The first-order valence-electron chi connectivity index (χ1n) is 7.45. The third-order valence-corrected chi connectivity index (χ3v) is 4.88. The molecule has 0 unspecified atom stereocenters. The van der Waals surface area contributed by atoms with Crippen LogP contribution < -0.4 is 10.0 Å². The quantitative estimate of drug-likeness (QED) is 0.736. The number of amides is 1. The topological polar surface area (TPSA) is 88.2 Å². The van der Waals surface area contributed by atoms with E-state index in [2.05, 4.69) is 15.0 Å². The van der Waals surface area contributed by atoms with E-state index < -0.39 is 15.9 Å². The van der Waals surface area contributed by atoms with Gasteiger partial charge in [0.2, 0.25) is 10.0 Å². The number of pyridine rings is 1. The van der Waals surface area contributed by atoms with Crippen molar-refractivity contribution in [1.29, 1.82) is 0 Å². The van der Waals surface area contributed by atoms with Crippen molar-refractivity contribution in [2.75, 3.05) is 11.9 Å². The van der Waals surface area contributed by atoms with Gasteiger partial charge in [-0.3, -0.25) is 4.79 Å². The number of carbonyl (C=O) groups is 1. The second-order valence-corrected chi connectivity index (χ2v) is 7.30. The Hall–Kier alpha value is -1.96. The van der Waals surface area contributed by atoms with Crippen molar-refractivity contribution in [3.05, 3.63) is 53.2 Å². The normalized spacial score (nSPS) is 11.2. The minimum Gasteiger partial charge on any atom is -0.307 e. The van der Waals surface area contributed by atoms with Crippen molar-refractivity contribution in [1.82, 2.24) is 9.71 Å². The molecule has 0 radical (unpaired) electrons. The van der Waals surface area contributed by atoms with Crippen LogP contribution in [0.25, 0.3) is 0 Å². The Labute approximate surface area is 146 Å². The molecule has 0 spiro atoms. The van der Waals surface area contributed by atoms with E-state index in [9.17, 15) is 13.2 Å². The molecule has 0 saturated heterocycles. The zero-order chi connectivity index (χ0) is 17.6. The molecular formula is C16H18ClN3O3S. The molecule has 1 heterocycles. The predicted molar refractivity (Wildman–Crippen MR) is 93.7 cm³/mol. The molecule has 6 nitrogen and oxygen atoms in total. The SMILES string of the molecule is CCCCNS(=O)(=O)c1cccc(C(=O)Nc2ccc(Cl)cn2)c1. The Morgan fingerprint density at radius 2 is 2.04 bits per heavy atom. The lowest BCUT2D eigenvalue weighted by Gasteiger charge is -2.08. The van der Waals surface area contributed by atoms with Crippen molar-refractivity contribution < 1.29 is 13.2 Å². The lowest BCUT2D eigenvalue weighted by atomic mass is 10.2. The summed E-state index contributed by atoms with van der Waals surface area (Å²) in [6.45, 7) is 2.34. The zero-order valence-corrected chi connectivity index (χ0v) is 14.7. The molecule has 1 aromatic heterocycles. The second-order valence-electron chi connectivity index (χ2n) is 5.09. The summed E-state index contributed by atoms with van der Waals surface area (Å²) in [5, 5.41) is 3.05. The van der Waals surface area contributed by atoms with Gasteiger partial charge in [0.25, 0.3) is 5.91 Å². The lowest BCUT2D eigenvalue weighted by molar-refractivity contribution is 0.102. The monoisotopic (exact) mass is 367 g/mol. The Bertz CT molecular complexity index is 808. The van der Waals surface area contributed by atoms with Crippen LogP contribution >= 0.6 is 11.6 Å². The molecule has 0 aliphatic rings. The highest BCUT2D eigenvalue weighted by Gasteiger charge is 2.16. The number of benzene rings is 1. The highest BCUT2D eigenvalue weighted by molar-refractivity contribution is 7.89. The van der Waals surface area contributed by atoms with Crippen LogP contribution in [0.2, 0.25) is 5.02 Å². The summed E-state index contributed by atoms with van der Waals surface area (Å²) < 4.78 is 26.9. The highest BCUT2D eigenvalue weighted by Crippen LogP contribution is 2.14. The van der Waals surface area contributed by atoms with Crippen molar-refractivity contribution in [3.63, 3.8) is 0 Å². The molecule has 1 aromatic carbocycles. The van der Waals surface area contributed by atoms with Gasteiger partial charge in [-0.2, -0.15) is 0 Å². The fourth-order valence-electron chi connectivity index (χ4n) is 1.91. The van der Waals surface area contributed by atoms with Gasteiger partial charge in [-0.25, -0.2) is 18.1 Å². The van der Waals surface area contributed by atoms with Gasteiger partial charge in [-0.05, 0) is 36.8 Å². The number of hydrogen-bond donors (Lipinski definition) is 2. The smallest absolute Gasteiger partial charge is 0.256 e. The van der Waals surface area contributed by atoms with Crippen molar-refractivity contribution in [3.8, 4) is 0 Å². The standard InChI is InChI=1S/C16H18ClN3O3S/c1-2-3-9-19-24(22,23)14-6-4-5-12(10-14)16(21)20-15-8-7-13(17)11-18-15/h4-8,10-11,19H,2-3,9H2,1H3,(H,18,20,21). The van der Waals surface area contributed by atoms with Gasteiger partial charge in [0.1, 0.15) is 5.82 Å². The number of anilines is 1. The number of halogens is 1. The number of nitrogens with zero attached hydrogens (tertiary/aromatic N) is 1. The summed E-state index contributed by atoms with van der Waals surface area (Å²) in [6.07, 6.45) is 3.05. The van der Waals surface area contributed by atoms with E-state index in [0.717, 1.165) is 12.8 Å². The van der Waals surface area contributed by atoms with Gasteiger partial charge in [-0.1, -0.05) is 31.0 Å². The molecule has 0 saturated carbocycles. The maximum atomic E-state index is 12.2. The van der Waals surface area contributed by atoms with Crippen LogP contribution in [0, 0.1) is 0 Å². The zero-order valence-electron chi connectivity index (χ0n) is 13.1. The summed E-state index contributed by atoms with van der Waals surface area (Å²) in [5.41, 5.74) is 0.227. The van der Waals surface area contributed by atoms with E-state index in [1.807, 2.05) is 6.92 Å². The van der Waals surface area contributed by atoms with Gasteiger partial charge in [0.15, 0.2) is 0 Å². The Morgan fingerprint density at radius 3 is 2.71 bits per heavy atom. The number of rotatable bonds is 7. The number of hydrogen-bond acceptors (Lipinski definition) is 4. The van der Waals surface area contributed by atoms with Crippen molar-refractivity contribution in [2.45, 2.75) is 24.7 Å². The number of unbranched alkanes of at least 4 members (excludes halogenated alkanes) is 1. The summed E-state index contributed by atoms with van der Waals surface area (Å²) in [6, 6.07) is 9.01. The molecule has 2 N–H and O–H groups in total. The maximum Gasteiger partial charge on any atom is 0.256 e. The number of nitrogens with one attached hydrogen (secondary N) is 2. The van der Waals surface area contributed by atoms with E-state index >= 15 is 0 Å². The first kappa shape index (κ1) is 18.4. The Balaban J connectivity index is 2.14. The second kappa shape index (κ2) is 8.23. The third-order valence-electron chi connectivity index (χ3n) is 3.20. The highest BCUT2D eigenvalue weighted by atomic mass is 35.5. The van der Waals surface area contributed by atoms with E-state index in [1.54, 1.807) is 12.1 Å². The van der Waals surface area contributed by atoms with Crippen molar-refractivity contribution in [2.24, 2.45) is 0 Å². The summed E-state index contributed by atoms with van der Waals surface area (Å²) in [7, 11) is -3.63. The largest absolute Gasteiger partial charge is 0.307 e. The molecule has 2 rings (SSSR count). The predicted octanol–water partition coefficient (Wildman–Crippen LogP) is 3.07. The van der Waals surface area contributed by atoms with E-state index in [1.165, 1.54) is 30.5 Å². The van der Waals surface area contributed by atoms with Gasteiger partial charge < -0.3 is 5.32 Å². The maximum absolute atomic E-state index is 12.2. The van der Waals surface area contributed by atoms with Gasteiger partial charge >= 0.3 is 0 Å². The molecule has 8 heteroatoms. The van der Waals surface area contributed by atoms with E-state index in [4.69, 9.17) is 11.6 Å². The first-order valence-corrected chi connectivity index (χ1v) is 9.31. The van der Waals surface area contributed by atoms with Crippen LogP contribution in [0.1, 0.15) is 30.1 Å². The summed E-state index contributed by atoms with van der Waals surface area (Å²) >= 11 is 5.74. The molecule has 0 aliphatic carbocycles. The van der Waals surface area contributed by atoms with E-state index in [0.29, 0.717) is 17.4 Å². The molecule has 1 amide bonds. The Morgan fingerprint density at radius 1 is 1.25 bits per heavy atom. The lowest BCUT2D eigenvalue weighted by Crippen LogP contribution is -2.25. The molecule has 0 aliphatic heterocycles. The summed E-state index contributed by atoms with van der Waals surface area (Å²) in [4.78, 5) is 16.3. The first-order chi connectivity index (χ1) is 11.4. The molecule has 0 bridgehead atoms.